The van der Waals surface area contributed by atoms with Gasteiger partial charge in [-0.1, -0.05) is 12.1 Å². The van der Waals surface area contributed by atoms with Crippen molar-refractivity contribution < 1.29 is 9.47 Å². The fourth-order valence-corrected chi connectivity index (χ4v) is 2.90. The van der Waals surface area contributed by atoms with Gasteiger partial charge in [0.2, 0.25) is 0 Å². The lowest BCUT2D eigenvalue weighted by molar-refractivity contribution is 0.409. The number of nitrogens with zero attached hydrogens (tertiary/aromatic N) is 1. The van der Waals surface area contributed by atoms with E-state index in [-0.39, 0.29) is 0 Å². The van der Waals surface area contributed by atoms with Gasteiger partial charge >= 0.3 is 0 Å². The van der Waals surface area contributed by atoms with E-state index in [9.17, 15) is 0 Å². The van der Waals surface area contributed by atoms with Crippen molar-refractivity contribution >= 4 is 11.3 Å². The first kappa shape index (κ1) is 12.5. The molecule has 1 aromatic heterocycles. The Morgan fingerprint density at radius 1 is 1.22 bits per heavy atom. The van der Waals surface area contributed by atoms with Crippen molar-refractivity contribution in [2.24, 2.45) is 0 Å². The Kier molecular flexibility index (Phi) is 3.85. The predicted molar refractivity (Wildman–Crippen MR) is 72.2 cm³/mol. The molecule has 2 aromatic rings. The summed E-state index contributed by atoms with van der Waals surface area (Å²) in [5, 5.41) is 10.8. The van der Waals surface area contributed by atoms with Crippen LogP contribution in [-0.4, -0.2) is 14.2 Å². The van der Waals surface area contributed by atoms with Gasteiger partial charge in [0.15, 0.2) is 0 Å². The molecule has 0 saturated heterocycles. The van der Waals surface area contributed by atoms with Crippen LogP contribution in [0.15, 0.2) is 29.6 Å². The first-order valence-corrected chi connectivity index (χ1v) is 6.34. The van der Waals surface area contributed by atoms with Gasteiger partial charge in [0.1, 0.15) is 11.5 Å². The molecule has 3 nitrogen and oxygen atoms in total. The summed E-state index contributed by atoms with van der Waals surface area (Å²) in [6, 6.07) is 9.94. The Hall–Kier alpha value is -1.99. The van der Waals surface area contributed by atoms with E-state index >= 15 is 0 Å². The van der Waals surface area contributed by atoms with Crippen LogP contribution < -0.4 is 9.47 Å². The highest BCUT2D eigenvalue weighted by atomic mass is 32.1. The number of methoxy groups -OCH3 is 2. The molecule has 0 radical (unpaired) electrons. The third-order valence-electron chi connectivity index (χ3n) is 2.64. The van der Waals surface area contributed by atoms with Gasteiger partial charge in [-0.3, -0.25) is 0 Å². The number of benzene rings is 1. The van der Waals surface area contributed by atoms with Crippen LogP contribution in [0.3, 0.4) is 0 Å². The van der Waals surface area contributed by atoms with Crippen LogP contribution in [0.1, 0.15) is 5.56 Å². The molecule has 0 bridgehead atoms. The summed E-state index contributed by atoms with van der Waals surface area (Å²) in [4.78, 5) is 1.00. The van der Waals surface area contributed by atoms with Crippen molar-refractivity contribution in [3.63, 3.8) is 0 Å². The molecule has 0 spiro atoms. The summed E-state index contributed by atoms with van der Waals surface area (Å²) in [6.07, 6.45) is 0.356. The number of hydrogen-bond acceptors (Lipinski definition) is 4. The number of hydrogen-bond donors (Lipinski definition) is 0. The van der Waals surface area contributed by atoms with Crippen molar-refractivity contribution in [2.45, 2.75) is 6.42 Å². The van der Waals surface area contributed by atoms with E-state index in [2.05, 4.69) is 6.07 Å². The second-order valence-electron chi connectivity index (χ2n) is 3.66. The minimum Gasteiger partial charge on any atom is -0.496 e. The zero-order chi connectivity index (χ0) is 13.0. The summed E-state index contributed by atoms with van der Waals surface area (Å²) < 4.78 is 10.8. The van der Waals surface area contributed by atoms with Gasteiger partial charge in [0.25, 0.3) is 0 Å². The highest BCUT2D eigenvalue weighted by molar-refractivity contribution is 7.14. The van der Waals surface area contributed by atoms with Crippen LogP contribution in [0.5, 0.6) is 11.5 Å². The van der Waals surface area contributed by atoms with Gasteiger partial charge < -0.3 is 9.47 Å². The molecule has 18 heavy (non-hydrogen) atoms. The predicted octanol–water partition coefficient (Wildman–Crippen LogP) is 3.50. The second kappa shape index (κ2) is 5.56. The second-order valence-corrected chi connectivity index (χ2v) is 4.54. The standard InChI is InChI=1S/C14H13NO2S/c1-16-12-6-4-3-5-11(12)14-13(17-2)10(7-8-15)9-18-14/h3-6,9H,7H2,1-2H3. The maximum Gasteiger partial charge on any atom is 0.141 e. The molecule has 0 amide bonds. The highest BCUT2D eigenvalue weighted by Gasteiger charge is 2.16. The lowest BCUT2D eigenvalue weighted by atomic mass is 10.1. The van der Waals surface area contributed by atoms with E-state index in [4.69, 9.17) is 14.7 Å². The van der Waals surface area contributed by atoms with E-state index in [1.807, 2.05) is 29.6 Å². The Morgan fingerprint density at radius 2 is 2.00 bits per heavy atom. The summed E-state index contributed by atoms with van der Waals surface area (Å²) >= 11 is 1.57. The van der Waals surface area contributed by atoms with Crippen molar-refractivity contribution in [3.8, 4) is 28.0 Å². The van der Waals surface area contributed by atoms with Gasteiger partial charge in [-0.2, -0.15) is 5.26 Å². The van der Waals surface area contributed by atoms with Crippen LogP contribution >= 0.6 is 11.3 Å². The Bertz CT molecular complexity index is 584. The van der Waals surface area contributed by atoms with Gasteiger partial charge in [-0.15, -0.1) is 11.3 Å². The number of thiophene rings is 1. The van der Waals surface area contributed by atoms with E-state index in [1.54, 1.807) is 25.6 Å². The first-order chi connectivity index (χ1) is 8.81. The molecule has 1 aromatic carbocycles. The molecule has 0 fully saturated rings. The molecular weight excluding hydrogens is 246 g/mol. The average molecular weight is 259 g/mol. The maximum atomic E-state index is 8.79. The molecule has 92 valence electrons. The van der Waals surface area contributed by atoms with Crippen molar-refractivity contribution in [2.75, 3.05) is 14.2 Å². The fraction of sp³-hybridized carbons (Fsp3) is 0.214. The van der Waals surface area contributed by atoms with Gasteiger partial charge in [-0.05, 0) is 17.5 Å². The molecule has 1 heterocycles. The molecule has 0 N–H and O–H groups in total. The van der Waals surface area contributed by atoms with E-state index in [0.717, 1.165) is 27.5 Å². The average Bonchev–Trinajstić information content (AvgIpc) is 2.81. The molecule has 0 unspecified atom stereocenters. The summed E-state index contributed by atoms with van der Waals surface area (Å²) in [5.74, 6) is 1.58. The molecule has 0 saturated carbocycles. The highest BCUT2D eigenvalue weighted by Crippen LogP contribution is 2.43. The molecule has 0 aliphatic rings. The maximum absolute atomic E-state index is 8.79. The van der Waals surface area contributed by atoms with E-state index in [1.165, 1.54) is 0 Å². The van der Waals surface area contributed by atoms with Gasteiger partial charge in [0, 0.05) is 11.1 Å². The zero-order valence-corrected chi connectivity index (χ0v) is 11.1. The van der Waals surface area contributed by atoms with Crippen molar-refractivity contribution in [1.82, 2.24) is 0 Å². The summed E-state index contributed by atoms with van der Waals surface area (Å²) in [6.45, 7) is 0. The quantitative estimate of drug-likeness (QED) is 0.844. The van der Waals surface area contributed by atoms with E-state index < -0.39 is 0 Å². The normalized spacial score (nSPS) is 9.83. The lowest BCUT2D eigenvalue weighted by Crippen LogP contribution is -1.90. The van der Waals surface area contributed by atoms with Crippen molar-refractivity contribution in [3.05, 3.63) is 35.2 Å². The Labute approximate surface area is 110 Å². The third kappa shape index (κ3) is 2.18. The number of para-hydroxylation sites is 1. The van der Waals surface area contributed by atoms with Crippen molar-refractivity contribution in [1.29, 1.82) is 5.26 Å². The van der Waals surface area contributed by atoms with Gasteiger partial charge in [0.05, 0.1) is 31.6 Å². The minimum atomic E-state index is 0.356. The topological polar surface area (TPSA) is 42.2 Å². The van der Waals surface area contributed by atoms with Crippen LogP contribution in [0.2, 0.25) is 0 Å². The monoisotopic (exact) mass is 259 g/mol. The number of nitriles is 1. The third-order valence-corrected chi connectivity index (χ3v) is 3.69. The zero-order valence-electron chi connectivity index (χ0n) is 10.3. The smallest absolute Gasteiger partial charge is 0.141 e. The minimum absolute atomic E-state index is 0.356. The van der Waals surface area contributed by atoms with E-state index in [0.29, 0.717) is 6.42 Å². The molecule has 0 aliphatic heterocycles. The number of ether oxygens (including phenoxy) is 2. The molecular formula is C14H13NO2S. The molecule has 2 rings (SSSR count). The lowest BCUT2D eigenvalue weighted by Gasteiger charge is -2.09. The largest absolute Gasteiger partial charge is 0.496 e. The SMILES string of the molecule is COc1ccccc1-c1scc(CC#N)c1OC. The summed E-state index contributed by atoms with van der Waals surface area (Å²) in [5.41, 5.74) is 1.91. The summed E-state index contributed by atoms with van der Waals surface area (Å²) in [7, 11) is 3.27. The van der Waals surface area contributed by atoms with Crippen LogP contribution in [0, 0.1) is 11.3 Å². The van der Waals surface area contributed by atoms with Crippen LogP contribution in [-0.2, 0) is 6.42 Å². The van der Waals surface area contributed by atoms with Gasteiger partial charge in [-0.25, -0.2) is 0 Å². The molecule has 0 atom stereocenters. The first-order valence-electron chi connectivity index (χ1n) is 5.46. The van der Waals surface area contributed by atoms with Crippen LogP contribution in [0.25, 0.3) is 10.4 Å². The Morgan fingerprint density at radius 3 is 2.67 bits per heavy atom. The Balaban J connectivity index is 2.54. The van der Waals surface area contributed by atoms with Crippen LogP contribution in [0.4, 0.5) is 0 Å². The molecule has 4 heteroatoms. The number of rotatable bonds is 4. The molecule has 0 aliphatic carbocycles. The fourth-order valence-electron chi connectivity index (χ4n) is 1.83.